The lowest BCUT2D eigenvalue weighted by molar-refractivity contribution is 0.0638. The van der Waals surface area contributed by atoms with Crippen molar-refractivity contribution in [2.45, 2.75) is 26.4 Å². The van der Waals surface area contributed by atoms with Crippen LogP contribution < -0.4 is 0 Å². The number of hydrogen-bond acceptors (Lipinski definition) is 3. The molecule has 92 valence electrons. The first-order chi connectivity index (χ1) is 7.69. The Hall–Kier alpha value is -1.01. The summed E-state index contributed by atoms with van der Waals surface area (Å²) >= 11 is 0. The number of hydrogen-bond donors (Lipinski definition) is 1. The molecule has 4 nitrogen and oxygen atoms in total. The van der Waals surface area contributed by atoms with Crippen molar-refractivity contribution in [3.05, 3.63) is 18.2 Å². The van der Waals surface area contributed by atoms with E-state index in [9.17, 15) is 8.78 Å². The Bertz CT molecular complexity index is 304. The van der Waals surface area contributed by atoms with Crippen LogP contribution in [0.3, 0.4) is 0 Å². The van der Waals surface area contributed by atoms with E-state index in [0.29, 0.717) is 25.3 Å². The number of halogens is 2. The van der Waals surface area contributed by atoms with Gasteiger partial charge in [0.15, 0.2) is 0 Å². The fourth-order valence-electron chi connectivity index (χ4n) is 1.49. The Balaban J connectivity index is 2.59. The molecule has 1 rings (SSSR count). The topological polar surface area (TPSA) is 41.3 Å². The van der Waals surface area contributed by atoms with E-state index in [2.05, 4.69) is 4.98 Å². The van der Waals surface area contributed by atoms with Crippen molar-refractivity contribution in [3.63, 3.8) is 0 Å². The molecule has 1 heterocycles. The summed E-state index contributed by atoms with van der Waals surface area (Å²) in [7, 11) is 0. The Labute approximate surface area is 93.5 Å². The molecular weight excluding hydrogens is 216 g/mol. The van der Waals surface area contributed by atoms with Crippen molar-refractivity contribution in [1.82, 2.24) is 14.5 Å². The van der Waals surface area contributed by atoms with Gasteiger partial charge in [-0.05, 0) is 13.0 Å². The summed E-state index contributed by atoms with van der Waals surface area (Å²) in [4.78, 5) is 5.88. The summed E-state index contributed by atoms with van der Waals surface area (Å²) in [6.07, 6.45) is 3.30. The second kappa shape index (κ2) is 6.55. The lowest BCUT2D eigenvalue weighted by Gasteiger charge is -2.19. The Morgan fingerprint density at radius 2 is 2.31 bits per heavy atom. The van der Waals surface area contributed by atoms with Crippen LogP contribution in [0, 0.1) is 0 Å². The molecule has 0 aromatic carbocycles. The molecule has 0 aliphatic rings. The molecule has 0 aliphatic carbocycles. The van der Waals surface area contributed by atoms with Crippen LogP contribution in [0.1, 0.15) is 25.7 Å². The van der Waals surface area contributed by atoms with Crippen molar-refractivity contribution in [2.75, 3.05) is 19.7 Å². The van der Waals surface area contributed by atoms with Crippen LogP contribution in [0.5, 0.6) is 0 Å². The van der Waals surface area contributed by atoms with Gasteiger partial charge in [0.25, 0.3) is 0 Å². The molecule has 0 spiro atoms. The van der Waals surface area contributed by atoms with Crippen LogP contribution in [-0.4, -0.2) is 39.3 Å². The molecule has 0 amide bonds. The SMILES string of the molecule is CCN(CCCO)Cc1nccn1C(F)F. The highest BCUT2D eigenvalue weighted by Crippen LogP contribution is 2.13. The van der Waals surface area contributed by atoms with Gasteiger partial charge in [0, 0.05) is 25.5 Å². The molecule has 6 heteroatoms. The highest BCUT2D eigenvalue weighted by molar-refractivity contribution is 4.92. The standard InChI is InChI=1S/C10H17F2N3O/c1-2-14(5-3-7-16)8-9-13-4-6-15(9)10(11)12/h4,6,10,16H,2-3,5,7-8H2,1H3. The summed E-state index contributed by atoms with van der Waals surface area (Å²) in [5.41, 5.74) is 0. The first kappa shape index (κ1) is 13.1. The van der Waals surface area contributed by atoms with E-state index in [1.807, 2.05) is 11.8 Å². The molecule has 0 saturated heterocycles. The normalized spacial score (nSPS) is 11.6. The van der Waals surface area contributed by atoms with Crippen LogP contribution in [-0.2, 0) is 6.54 Å². The van der Waals surface area contributed by atoms with E-state index in [1.165, 1.54) is 12.4 Å². The Kier molecular flexibility index (Phi) is 5.34. The first-order valence-corrected chi connectivity index (χ1v) is 5.32. The second-order valence-corrected chi connectivity index (χ2v) is 3.47. The molecular formula is C10H17F2N3O. The quantitative estimate of drug-likeness (QED) is 0.775. The maximum absolute atomic E-state index is 12.5. The molecule has 0 fully saturated rings. The van der Waals surface area contributed by atoms with Crippen molar-refractivity contribution in [1.29, 1.82) is 0 Å². The molecule has 16 heavy (non-hydrogen) atoms. The number of aromatic nitrogens is 2. The van der Waals surface area contributed by atoms with Gasteiger partial charge >= 0.3 is 6.55 Å². The zero-order valence-corrected chi connectivity index (χ0v) is 9.31. The van der Waals surface area contributed by atoms with Crippen molar-refractivity contribution < 1.29 is 13.9 Å². The van der Waals surface area contributed by atoms with Gasteiger partial charge in [-0.2, -0.15) is 8.78 Å². The average molecular weight is 233 g/mol. The third-order valence-electron chi connectivity index (χ3n) is 2.40. The zero-order chi connectivity index (χ0) is 12.0. The molecule has 0 atom stereocenters. The summed E-state index contributed by atoms with van der Waals surface area (Å²) < 4.78 is 25.9. The van der Waals surface area contributed by atoms with E-state index < -0.39 is 6.55 Å². The van der Waals surface area contributed by atoms with Crippen molar-refractivity contribution in [3.8, 4) is 0 Å². The van der Waals surface area contributed by atoms with Crippen LogP contribution in [0.25, 0.3) is 0 Å². The highest BCUT2D eigenvalue weighted by Gasteiger charge is 2.13. The summed E-state index contributed by atoms with van der Waals surface area (Å²) in [5, 5.41) is 8.71. The number of rotatable bonds is 7. The molecule has 0 radical (unpaired) electrons. The largest absolute Gasteiger partial charge is 0.396 e. The smallest absolute Gasteiger partial charge is 0.319 e. The fraction of sp³-hybridized carbons (Fsp3) is 0.700. The van der Waals surface area contributed by atoms with Gasteiger partial charge in [0.2, 0.25) is 0 Å². The minimum atomic E-state index is -2.55. The maximum Gasteiger partial charge on any atom is 0.319 e. The third kappa shape index (κ3) is 3.53. The molecule has 0 aliphatic heterocycles. The first-order valence-electron chi connectivity index (χ1n) is 5.32. The fourth-order valence-corrected chi connectivity index (χ4v) is 1.49. The Morgan fingerprint density at radius 3 is 2.88 bits per heavy atom. The Morgan fingerprint density at radius 1 is 1.56 bits per heavy atom. The van der Waals surface area contributed by atoms with Crippen LogP contribution in [0.2, 0.25) is 0 Å². The lowest BCUT2D eigenvalue weighted by atomic mass is 10.3. The molecule has 0 saturated carbocycles. The predicted octanol–water partition coefficient (Wildman–Crippen LogP) is 1.48. The van der Waals surface area contributed by atoms with E-state index >= 15 is 0 Å². The predicted molar refractivity (Wildman–Crippen MR) is 56.1 cm³/mol. The number of alkyl halides is 2. The second-order valence-electron chi connectivity index (χ2n) is 3.47. The molecule has 1 aromatic rings. The van der Waals surface area contributed by atoms with Gasteiger partial charge < -0.3 is 5.11 Å². The summed E-state index contributed by atoms with van der Waals surface area (Å²) in [6, 6.07) is 0. The molecule has 0 unspecified atom stereocenters. The van der Waals surface area contributed by atoms with E-state index in [0.717, 1.165) is 11.1 Å². The van der Waals surface area contributed by atoms with Gasteiger partial charge in [0.1, 0.15) is 5.82 Å². The molecule has 1 aromatic heterocycles. The minimum absolute atomic E-state index is 0.111. The number of aliphatic hydroxyl groups excluding tert-OH is 1. The van der Waals surface area contributed by atoms with Gasteiger partial charge in [-0.3, -0.25) is 9.47 Å². The number of aliphatic hydroxyl groups is 1. The number of imidazole rings is 1. The van der Waals surface area contributed by atoms with E-state index in [4.69, 9.17) is 5.11 Å². The van der Waals surface area contributed by atoms with E-state index in [1.54, 1.807) is 0 Å². The van der Waals surface area contributed by atoms with Gasteiger partial charge in [-0.25, -0.2) is 4.98 Å². The van der Waals surface area contributed by atoms with Crippen LogP contribution >= 0.6 is 0 Å². The number of nitrogens with zero attached hydrogens (tertiary/aromatic N) is 3. The molecule has 1 N–H and O–H groups in total. The zero-order valence-electron chi connectivity index (χ0n) is 9.31. The summed E-state index contributed by atoms with van der Waals surface area (Å²) in [5.74, 6) is 0.356. The van der Waals surface area contributed by atoms with Crippen LogP contribution in [0.15, 0.2) is 12.4 Å². The average Bonchev–Trinajstić information content (AvgIpc) is 2.72. The van der Waals surface area contributed by atoms with Gasteiger partial charge in [0.05, 0.1) is 6.54 Å². The highest BCUT2D eigenvalue weighted by atomic mass is 19.3. The van der Waals surface area contributed by atoms with Crippen molar-refractivity contribution >= 4 is 0 Å². The third-order valence-corrected chi connectivity index (χ3v) is 2.40. The monoisotopic (exact) mass is 233 g/mol. The van der Waals surface area contributed by atoms with Gasteiger partial charge in [-0.1, -0.05) is 6.92 Å². The minimum Gasteiger partial charge on any atom is -0.396 e. The molecule has 0 bridgehead atoms. The summed E-state index contributed by atoms with van der Waals surface area (Å²) in [6.45, 7) is 1.33. The van der Waals surface area contributed by atoms with E-state index in [-0.39, 0.29) is 6.61 Å². The maximum atomic E-state index is 12.5. The lowest BCUT2D eigenvalue weighted by Crippen LogP contribution is -2.26. The van der Waals surface area contributed by atoms with Crippen LogP contribution in [0.4, 0.5) is 8.78 Å². The van der Waals surface area contributed by atoms with Crippen molar-refractivity contribution in [2.24, 2.45) is 0 Å². The van der Waals surface area contributed by atoms with Gasteiger partial charge in [-0.15, -0.1) is 0 Å².